The van der Waals surface area contributed by atoms with Gasteiger partial charge in [0.1, 0.15) is 0 Å². The summed E-state index contributed by atoms with van der Waals surface area (Å²) in [6, 6.07) is -0.569. The Balaban J connectivity index is 2.30. The average Bonchev–Trinajstić information content (AvgIpc) is 2.57. The Labute approximate surface area is 111 Å². The maximum atomic E-state index is 11.6. The molecular weight excluding hydrogens is 252 g/mol. The molecule has 0 saturated carbocycles. The normalized spacial score (nSPS) is 25.9. The largest absolute Gasteiger partial charge is 0.481 e. The second-order valence-electron chi connectivity index (χ2n) is 4.93. The second kappa shape index (κ2) is 6.51. The number of carboxylic acid groups (broad SMARTS) is 1. The number of ether oxygens (including phenoxy) is 1. The van der Waals surface area contributed by atoms with Crippen LogP contribution in [0.1, 0.15) is 39.5 Å². The lowest BCUT2D eigenvalue weighted by Crippen LogP contribution is -2.54. The average molecular weight is 272 g/mol. The van der Waals surface area contributed by atoms with Crippen LogP contribution in [0.3, 0.4) is 0 Å². The van der Waals surface area contributed by atoms with E-state index in [0.29, 0.717) is 13.0 Å². The molecule has 1 rings (SSSR count). The van der Waals surface area contributed by atoms with Gasteiger partial charge in [-0.05, 0) is 26.7 Å². The number of aliphatic carboxylic acids is 1. The molecule has 0 spiro atoms. The van der Waals surface area contributed by atoms with Crippen LogP contribution in [0.5, 0.6) is 0 Å². The van der Waals surface area contributed by atoms with Crippen LogP contribution >= 0.6 is 0 Å². The Kier molecular flexibility index (Phi) is 5.29. The highest BCUT2D eigenvalue weighted by molar-refractivity contribution is 5.94. The number of hydrogen-bond donors (Lipinski definition) is 3. The molecule has 3 amide bonds. The van der Waals surface area contributed by atoms with Crippen LogP contribution < -0.4 is 10.6 Å². The summed E-state index contributed by atoms with van der Waals surface area (Å²) in [7, 11) is 0. The van der Waals surface area contributed by atoms with Crippen molar-refractivity contribution < 1.29 is 24.2 Å². The number of amides is 3. The van der Waals surface area contributed by atoms with Crippen LogP contribution in [-0.4, -0.2) is 41.3 Å². The summed E-state index contributed by atoms with van der Waals surface area (Å²) in [6.45, 7) is 4.30. The van der Waals surface area contributed by atoms with E-state index >= 15 is 0 Å². The molecule has 7 heteroatoms. The Bertz CT molecular complexity index is 371. The third-order valence-corrected chi connectivity index (χ3v) is 3.33. The molecule has 1 heterocycles. The van der Waals surface area contributed by atoms with Crippen molar-refractivity contribution in [1.29, 1.82) is 0 Å². The molecule has 0 aromatic rings. The fourth-order valence-corrected chi connectivity index (χ4v) is 1.88. The number of nitrogens with one attached hydrogen (secondary N) is 2. The van der Waals surface area contributed by atoms with Gasteiger partial charge in [0.25, 0.3) is 0 Å². The summed E-state index contributed by atoms with van der Waals surface area (Å²) >= 11 is 0. The lowest BCUT2D eigenvalue weighted by atomic mass is 9.95. The quantitative estimate of drug-likeness (QED) is 0.681. The van der Waals surface area contributed by atoms with Crippen molar-refractivity contribution in [1.82, 2.24) is 10.6 Å². The van der Waals surface area contributed by atoms with Crippen molar-refractivity contribution in [3.8, 4) is 0 Å². The van der Waals surface area contributed by atoms with E-state index in [1.807, 2.05) is 13.8 Å². The number of carbonyl (C=O) groups excluding carboxylic acids is 2. The molecule has 7 nitrogen and oxygen atoms in total. The van der Waals surface area contributed by atoms with E-state index in [1.54, 1.807) is 0 Å². The monoisotopic (exact) mass is 272 g/mol. The number of imide groups is 1. The number of hydrogen-bond acceptors (Lipinski definition) is 4. The van der Waals surface area contributed by atoms with Gasteiger partial charge < -0.3 is 15.2 Å². The molecule has 1 fully saturated rings. The van der Waals surface area contributed by atoms with E-state index in [-0.39, 0.29) is 25.4 Å². The number of rotatable bonds is 5. The third-order valence-electron chi connectivity index (χ3n) is 3.33. The predicted molar refractivity (Wildman–Crippen MR) is 66.6 cm³/mol. The molecule has 2 atom stereocenters. The zero-order valence-electron chi connectivity index (χ0n) is 11.2. The van der Waals surface area contributed by atoms with Gasteiger partial charge >= 0.3 is 12.0 Å². The van der Waals surface area contributed by atoms with E-state index in [0.717, 1.165) is 0 Å². The van der Waals surface area contributed by atoms with Crippen molar-refractivity contribution in [3.05, 3.63) is 0 Å². The van der Waals surface area contributed by atoms with Crippen molar-refractivity contribution in [2.45, 2.75) is 51.2 Å². The lowest BCUT2D eigenvalue weighted by molar-refractivity contribution is -0.137. The topological polar surface area (TPSA) is 105 Å². The minimum atomic E-state index is -0.957. The van der Waals surface area contributed by atoms with E-state index < -0.39 is 23.4 Å². The van der Waals surface area contributed by atoms with Crippen molar-refractivity contribution in [2.24, 2.45) is 0 Å². The summed E-state index contributed by atoms with van der Waals surface area (Å²) < 4.78 is 5.37. The molecular formula is C12H20N2O5. The SMILES string of the molecule is CC1OCCC1(C)NC(=O)NC(=O)CCCC(=O)O. The van der Waals surface area contributed by atoms with Crippen LogP contribution in [0.15, 0.2) is 0 Å². The summed E-state index contributed by atoms with van der Waals surface area (Å²) in [5, 5.41) is 13.3. The van der Waals surface area contributed by atoms with Crippen molar-refractivity contribution in [2.75, 3.05) is 6.61 Å². The molecule has 108 valence electrons. The Morgan fingerprint density at radius 2 is 2.05 bits per heavy atom. The smallest absolute Gasteiger partial charge is 0.321 e. The predicted octanol–water partition coefficient (Wildman–Crippen LogP) is 0.635. The van der Waals surface area contributed by atoms with Gasteiger partial charge in [-0.1, -0.05) is 0 Å². The van der Waals surface area contributed by atoms with Gasteiger partial charge in [0.05, 0.1) is 11.6 Å². The van der Waals surface area contributed by atoms with Gasteiger partial charge in [0.2, 0.25) is 5.91 Å². The highest BCUT2D eigenvalue weighted by Crippen LogP contribution is 2.24. The fraction of sp³-hybridized carbons (Fsp3) is 0.750. The van der Waals surface area contributed by atoms with E-state index in [1.165, 1.54) is 0 Å². The summed E-state index contributed by atoms with van der Waals surface area (Å²) in [6.07, 6.45) is 0.723. The highest BCUT2D eigenvalue weighted by Gasteiger charge is 2.38. The summed E-state index contributed by atoms with van der Waals surface area (Å²) in [5.74, 6) is -1.43. The fourth-order valence-electron chi connectivity index (χ4n) is 1.88. The van der Waals surface area contributed by atoms with Gasteiger partial charge in [-0.2, -0.15) is 0 Å². The molecule has 0 aromatic carbocycles. The molecule has 19 heavy (non-hydrogen) atoms. The van der Waals surface area contributed by atoms with Gasteiger partial charge in [0.15, 0.2) is 0 Å². The van der Waals surface area contributed by atoms with Crippen LogP contribution in [-0.2, 0) is 14.3 Å². The highest BCUT2D eigenvalue weighted by atomic mass is 16.5. The molecule has 3 N–H and O–H groups in total. The first-order chi connectivity index (χ1) is 8.83. The first kappa shape index (κ1) is 15.4. The standard InChI is InChI=1S/C12H20N2O5/c1-8-12(2,6-7-19-8)14-11(18)13-9(15)4-3-5-10(16)17/h8H,3-7H2,1-2H3,(H,16,17)(H2,13,14,15,18). The van der Waals surface area contributed by atoms with Crippen LogP contribution in [0.4, 0.5) is 4.79 Å². The van der Waals surface area contributed by atoms with Gasteiger partial charge in [0, 0.05) is 19.4 Å². The lowest BCUT2D eigenvalue weighted by Gasteiger charge is -2.28. The van der Waals surface area contributed by atoms with Crippen molar-refractivity contribution >= 4 is 17.9 Å². The van der Waals surface area contributed by atoms with E-state index in [2.05, 4.69) is 10.6 Å². The third kappa shape index (κ3) is 4.86. The van der Waals surface area contributed by atoms with Crippen LogP contribution in [0.2, 0.25) is 0 Å². The molecule has 1 aliphatic heterocycles. The maximum Gasteiger partial charge on any atom is 0.321 e. The molecule has 1 saturated heterocycles. The minimum absolute atomic E-state index is 0.0164. The van der Waals surface area contributed by atoms with E-state index in [4.69, 9.17) is 9.84 Å². The zero-order chi connectivity index (χ0) is 14.5. The maximum absolute atomic E-state index is 11.6. The Morgan fingerprint density at radius 1 is 1.37 bits per heavy atom. The molecule has 0 aliphatic carbocycles. The number of urea groups is 1. The summed E-state index contributed by atoms with van der Waals surface area (Å²) in [5.41, 5.74) is -0.481. The number of carboxylic acids is 1. The molecule has 0 aromatic heterocycles. The number of carbonyl (C=O) groups is 3. The zero-order valence-corrected chi connectivity index (χ0v) is 11.2. The minimum Gasteiger partial charge on any atom is -0.481 e. The molecule has 0 bridgehead atoms. The molecule has 2 unspecified atom stereocenters. The van der Waals surface area contributed by atoms with Gasteiger partial charge in [-0.25, -0.2) is 4.79 Å². The first-order valence-electron chi connectivity index (χ1n) is 6.29. The Hall–Kier alpha value is -1.63. The molecule has 1 aliphatic rings. The summed E-state index contributed by atoms with van der Waals surface area (Å²) in [4.78, 5) is 33.3. The Morgan fingerprint density at radius 3 is 2.58 bits per heavy atom. The van der Waals surface area contributed by atoms with Crippen molar-refractivity contribution in [3.63, 3.8) is 0 Å². The van der Waals surface area contributed by atoms with Gasteiger partial charge in [-0.15, -0.1) is 0 Å². The van der Waals surface area contributed by atoms with E-state index in [9.17, 15) is 14.4 Å². The van der Waals surface area contributed by atoms with Gasteiger partial charge in [-0.3, -0.25) is 14.9 Å². The second-order valence-corrected chi connectivity index (χ2v) is 4.93. The first-order valence-corrected chi connectivity index (χ1v) is 6.29. The molecule has 0 radical (unpaired) electrons. The van der Waals surface area contributed by atoms with Crippen LogP contribution in [0, 0.1) is 0 Å². The van der Waals surface area contributed by atoms with Crippen LogP contribution in [0.25, 0.3) is 0 Å².